The third-order valence-corrected chi connectivity index (χ3v) is 3.61. The number of rotatable bonds is 3. The summed E-state index contributed by atoms with van der Waals surface area (Å²) in [4.78, 5) is 14.9. The van der Waals surface area contributed by atoms with Crippen LogP contribution in [0.5, 0.6) is 0 Å². The van der Waals surface area contributed by atoms with Crippen LogP contribution < -0.4 is 0 Å². The van der Waals surface area contributed by atoms with E-state index in [4.69, 9.17) is 9.84 Å². The van der Waals surface area contributed by atoms with Gasteiger partial charge in [-0.25, -0.2) is 4.79 Å². The number of carboxylic acids is 1. The standard InChI is InChI=1S/C15H13NO3/c17-14(18)11-1-3-12(4-2-11)15(9-19-10-15)13-5-7-16-8-6-13/h1-8H,9-10H2,(H,17,18). The van der Waals surface area contributed by atoms with Gasteiger partial charge in [0.1, 0.15) is 0 Å². The first-order chi connectivity index (χ1) is 9.22. The van der Waals surface area contributed by atoms with E-state index in [1.54, 1.807) is 24.5 Å². The molecule has 1 aliphatic rings. The van der Waals surface area contributed by atoms with Gasteiger partial charge in [0.05, 0.1) is 24.2 Å². The second kappa shape index (κ2) is 4.48. The summed E-state index contributed by atoms with van der Waals surface area (Å²) in [6, 6.07) is 11.0. The molecule has 1 aromatic heterocycles. The van der Waals surface area contributed by atoms with Crippen LogP contribution in [0.1, 0.15) is 21.5 Å². The van der Waals surface area contributed by atoms with Gasteiger partial charge in [-0.3, -0.25) is 4.98 Å². The lowest BCUT2D eigenvalue weighted by molar-refractivity contribution is -0.0380. The molecular weight excluding hydrogens is 242 g/mol. The zero-order valence-corrected chi connectivity index (χ0v) is 10.2. The molecule has 0 bridgehead atoms. The van der Waals surface area contributed by atoms with Crippen molar-refractivity contribution >= 4 is 5.97 Å². The zero-order valence-electron chi connectivity index (χ0n) is 10.2. The molecule has 1 N–H and O–H groups in total. The van der Waals surface area contributed by atoms with Crippen molar-refractivity contribution in [3.63, 3.8) is 0 Å². The van der Waals surface area contributed by atoms with E-state index in [0.717, 1.165) is 11.1 Å². The van der Waals surface area contributed by atoms with Crippen LogP contribution in [-0.2, 0) is 10.2 Å². The lowest BCUT2D eigenvalue weighted by Crippen LogP contribution is -2.47. The number of carbonyl (C=O) groups is 1. The van der Waals surface area contributed by atoms with Gasteiger partial charge in [0.15, 0.2) is 0 Å². The first-order valence-corrected chi connectivity index (χ1v) is 6.04. The molecule has 1 aliphatic heterocycles. The molecule has 0 unspecified atom stereocenters. The van der Waals surface area contributed by atoms with E-state index in [1.807, 2.05) is 24.3 Å². The molecule has 19 heavy (non-hydrogen) atoms. The first kappa shape index (κ1) is 11.9. The fraction of sp³-hybridized carbons (Fsp3) is 0.200. The van der Waals surface area contributed by atoms with Crippen molar-refractivity contribution < 1.29 is 14.6 Å². The Morgan fingerprint density at radius 3 is 2.11 bits per heavy atom. The second-order valence-electron chi connectivity index (χ2n) is 4.69. The van der Waals surface area contributed by atoms with Crippen LogP contribution in [0.3, 0.4) is 0 Å². The second-order valence-corrected chi connectivity index (χ2v) is 4.69. The molecule has 2 aromatic rings. The molecule has 3 rings (SSSR count). The minimum absolute atomic E-state index is 0.167. The molecule has 0 saturated carbocycles. The smallest absolute Gasteiger partial charge is 0.335 e. The number of hydrogen-bond acceptors (Lipinski definition) is 3. The van der Waals surface area contributed by atoms with Gasteiger partial charge in [0, 0.05) is 12.4 Å². The van der Waals surface area contributed by atoms with Crippen molar-refractivity contribution in [1.82, 2.24) is 4.98 Å². The number of hydrogen-bond donors (Lipinski definition) is 1. The Labute approximate surface area is 110 Å². The third-order valence-electron chi connectivity index (χ3n) is 3.61. The molecule has 0 radical (unpaired) electrons. The predicted octanol–water partition coefficient (Wildman–Crippen LogP) is 2.10. The number of aromatic carboxylic acids is 1. The molecule has 4 heteroatoms. The lowest BCUT2D eigenvalue weighted by atomic mass is 9.73. The van der Waals surface area contributed by atoms with E-state index in [-0.39, 0.29) is 5.41 Å². The van der Waals surface area contributed by atoms with Crippen LogP contribution >= 0.6 is 0 Å². The van der Waals surface area contributed by atoms with Crippen LogP contribution in [-0.4, -0.2) is 29.3 Å². The summed E-state index contributed by atoms with van der Waals surface area (Å²) >= 11 is 0. The van der Waals surface area contributed by atoms with Crippen molar-refractivity contribution in [2.75, 3.05) is 13.2 Å². The van der Waals surface area contributed by atoms with Gasteiger partial charge in [-0.1, -0.05) is 12.1 Å². The zero-order chi connectivity index (χ0) is 13.3. The van der Waals surface area contributed by atoms with Crippen molar-refractivity contribution in [3.8, 4) is 0 Å². The summed E-state index contributed by atoms with van der Waals surface area (Å²) in [5, 5.41) is 8.93. The first-order valence-electron chi connectivity index (χ1n) is 6.04. The van der Waals surface area contributed by atoms with Gasteiger partial charge in [-0.15, -0.1) is 0 Å². The quantitative estimate of drug-likeness (QED) is 0.912. The number of pyridine rings is 1. The Hall–Kier alpha value is -2.20. The van der Waals surface area contributed by atoms with Gasteiger partial charge >= 0.3 is 5.97 Å². The molecule has 1 aromatic carbocycles. The molecule has 0 atom stereocenters. The largest absolute Gasteiger partial charge is 0.478 e. The summed E-state index contributed by atoms with van der Waals surface area (Å²) in [7, 11) is 0. The van der Waals surface area contributed by atoms with E-state index >= 15 is 0 Å². The average molecular weight is 255 g/mol. The van der Waals surface area contributed by atoms with Crippen molar-refractivity contribution in [1.29, 1.82) is 0 Å². The summed E-state index contributed by atoms with van der Waals surface area (Å²) in [6.45, 7) is 1.23. The monoisotopic (exact) mass is 255 g/mol. The number of aromatic nitrogens is 1. The van der Waals surface area contributed by atoms with E-state index in [0.29, 0.717) is 18.8 Å². The maximum absolute atomic E-state index is 10.9. The van der Waals surface area contributed by atoms with Crippen LogP contribution in [0, 0.1) is 0 Å². The van der Waals surface area contributed by atoms with Crippen molar-refractivity contribution in [3.05, 3.63) is 65.5 Å². The van der Waals surface area contributed by atoms with Gasteiger partial charge in [0.2, 0.25) is 0 Å². The van der Waals surface area contributed by atoms with Crippen LogP contribution in [0.2, 0.25) is 0 Å². The molecule has 0 spiro atoms. The summed E-state index contributed by atoms with van der Waals surface area (Å²) in [5.41, 5.74) is 2.36. The Morgan fingerprint density at radius 2 is 1.63 bits per heavy atom. The van der Waals surface area contributed by atoms with Gasteiger partial charge in [-0.2, -0.15) is 0 Å². The highest BCUT2D eigenvalue weighted by Gasteiger charge is 2.41. The van der Waals surface area contributed by atoms with Gasteiger partial charge < -0.3 is 9.84 Å². The molecular formula is C15H13NO3. The predicted molar refractivity (Wildman–Crippen MR) is 69.2 cm³/mol. The number of nitrogens with zero attached hydrogens (tertiary/aromatic N) is 1. The normalized spacial score (nSPS) is 16.6. The topological polar surface area (TPSA) is 59.4 Å². The Kier molecular flexibility index (Phi) is 2.80. The van der Waals surface area contributed by atoms with Gasteiger partial charge in [-0.05, 0) is 35.4 Å². The highest BCUT2D eigenvalue weighted by molar-refractivity contribution is 5.87. The fourth-order valence-corrected chi connectivity index (χ4v) is 2.41. The van der Waals surface area contributed by atoms with Crippen LogP contribution in [0.4, 0.5) is 0 Å². The molecule has 1 fully saturated rings. The fourth-order valence-electron chi connectivity index (χ4n) is 2.41. The maximum atomic E-state index is 10.9. The van der Waals surface area contributed by atoms with E-state index < -0.39 is 5.97 Å². The van der Waals surface area contributed by atoms with E-state index in [2.05, 4.69) is 4.98 Å². The Balaban J connectivity index is 2.01. The SMILES string of the molecule is O=C(O)c1ccc(C2(c3ccncc3)COC2)cc1. The summed E-state index contributed by atoms with van der Waals surface area (Å²) < 4.78 is 5.39. The Morgan fingerprint density at radius 1 is 1.05 bits per heavy atom. The minimum atomic E-state index is -0.908. The molecule has 2 heterocycles. The lowest BCUT2D eigenvalue weighted by Gasteiger charge is -2.42. The summed E-state index contributed by atoms with van der Waals surface area (Å²) in [5.74, 6) is -0.908. The number of carboxylic acid groups (broad SMARTS) is 1. The van der Waals surface area contributed by atoms with Gasteiger partial charge in [0.25, 0.3) is 0 Å². The molecule has 96 valence electrons. The molecule has 1 saturated heterocycles. The minimum Gasteiger partial charge on any atom is -0.478 e. The van der Waals surface area contributed by atoms with Crippen molar-refractivity contribution in [2.45, 2.75) is 5.41 Å². The van der Waals surface area contributed by atoms with Crippen molar-refractivity contribution in [2.24, 2.45) is 0 Å². The highest BCUT2D eigenvalue weighted by atomic mass is 16.5. The summed E-state index contributed by atoms with van der Waals surface area (Å²) in [6.07, 6.45) is 3.53. The Bertz CT molecular complexity index is 589. The molecule has 0 amide bonds. The van der Waals surface area contributed by atoms with E-state index in [9.17, 15) is 4.79 Å². The number of ether oxygens (including phenoxy) is 1. The van der Waals surface area contributed by atoms with E-state index in [1.165, 1.54) is 0 Å². The highest BCUT2D eigenvalue weighted by Crippen LogP contribution is 2.38. The average Bonchev–Trinajstić information content (AvgIpc) is 2.39. The van der Waals surface area contributed by atoms with Crippen LogP contribution in [0.15, 0.2) is 48.8 Å². The number of benzene rings is 1. The van der Waals surface area contributed by atoms with Crippen LogP contribution in [0.25, 0.3) is 0 Å². The molecule has 4 nitrogen and oxygen atoms in total. The molecule has 0 aliphatic carbocycles. The third kappa shape index (κ3) is 1.90. The maximum Gasteiger partial charge on any atom is 0.335 e.